The van der Waals surface area contributed by atoms with Gasteiger partial charge in [0, 0.05) is 39.8 Å². The maximum Gasteiger partial charge on any atom is 0.135 e. The summed E-state index contributed by atoms with van der Waals surface area (Å²) in [4.78, 5) is 4.23. The average Bonchev–Trinajstić information content (AvgIpc) is 3.71. The molecular weight excluding hydrogens is 522 g/mol. The fraction of sp³-hybridized carbons (Fsp3) is 0.125. The van der Waals surface area contributed by atoms with Gasteiger partial charge >= 0.3 is 0 Å². The highest BCUT2D eigenvalue weighted by Crippen LogP contribution is 2.52. The van der Waals surface area contributed by atoms with E-state index >= 15 is 0 Å². The summed E-state index contributed by atoms with van der Waals surface area (Å²) in [5, 5.41) is 10.1. The molecule has 2 aromatic heterocycles. The van der Waals surface area contributed by atoms with Gasteiger partial charge in [0.2, 0.25) is 0 Å². The molecule has 3 unspecified atom stereocenters. The summed E-state index contributed by atoms with van der Waals surface area (Å²) < 4.78 is 2.55. The molecule has 206 valence electrons. The van der Waals surface area contributed by atoms with Crippen LogP contribution in [0.25, 0.3) is 60.2 Å². The highest BCUT2D eigenvalue weighted by molar-refractivity contribution is 6.20. The van der Waals surface area contributed by atoms with Gasteiger partial charge in [0.1, 0.15) is 6.04 Å². The first kappa shape index (κ1) is 24.6. The third-order valence-corrected chi connectivity index (χ3v) is 9.65. The van der Waals surface area contributed by atoms with Crippen LogP contribution in [-0.4, -0.2) is 9.55 Å². The van der Waals surface area contributed by atoms with E-state index in [1.165, 1.54) is 77.7 Å². The lowest BCUT2D eigenvalue weighted by atomic mass is 9.94. The van der Waals surface area contributed by atoms with E-state index in [0.717, 1.165) is 0 Å². The van der Waals surface area contributed by atoms with Crippen molar-refractivity contribution >= 4 is 43.4 Å². The van der Waals surface area contributed by atoms with Crippen LogP contribution in [0, 0.1) is 5.92 Å². The van der Waals surface area contributed by atoms with E-state index in [1.807, 2.05) is 12.4 Å². The van der Waals surface area contributed by atoms with Crippen LogP contribution in [0.4, 0.5) is 0 Å². The third kappa shape index (κ3) is 3.96. The van der Waals surface area contributed by atoms with Gasteiger partial charge in [-0.1, -0.05) is 67.6 Å². The minimum atomic E-state index is 0.282. The Kier molecular flexibility index (Phi) is 5.44. The normalized spacial score (nSPS) is 19.6. The summed E-state index contributed by atoms with van der Waals surface area (Å²) in [5.74, 6) is 1.32. The van der Waals surface area contributed by atoms with Gasteiger partial charge in [-0.15, -0.1) is 0 Å². The van der Waals surface area contributed by atoms with Crippen molar-refractivity contribution in [3.8, 4) is 16.8 Å². The highest BCUT2D eigenvalue weighted by atomic mass is 15.0. The Morgan fingerprint density at radius 2 is 1.56 bits per heavy atom. The topological polar surface area (TPSA) is 34.4 Å². The van der Waals surface area contributed by atoms with Crippen LogP contribution in [0.15, 0.2) is 134 Å². The first-order valence-electron chi connectivity index (χ1n) is 15.4. The fourth-order valence-electron chi connectivity index (χ4n) is 7.28. The van der Waals surface area contributed by atoms with Crippen molar-refractivity contribution in [1.82, 2.24) is 9.55 Å². The van der Waals surface area contributed by atoms with Crippen molar-refractivity contribution in [2.75, 3.05) is 0 Å². The molecule has 0 bridgehead atoms. The second kappa shape index (κ2) is 9.52. The Labute approximate surface area is 250 Å². The molecule has 0 amide bonds. The minimum absolute atomic E-state index is 0.282. The van der Waals surface area contributed by atoms with Crippen LogP contribution in [0.3, 0.4) is 0 Å². The zero-order valence-corrected chi connectivity index (χ0v) is 24.1. The van der Waals surface area contributed by atoms with Gasteiger partial charge in [0.05, 0.1) is 17.2 Å². The molecule has 1 fully saturated rings. The van der Waals surface area contributed by atoms with Crippen molar-refractivity contribution in [2.24, 2.45) is 5.92 Å². The van der Waals surface area contributed by atoms with E-state index in [9.17, 15) is 0 Å². The van der Waals surface area contributed by atoms with E-state index in [-0.39, 0.29) is 6.04 Å². The number of aromatic nitrogens is 2. The molecule has 3 heterocycles. The van der Waals surface area contributed by atoms with Gasteiger partial charge < -0.3 is 9.88 Å². The smallest absolute Gasteiger partial charge is 0.135 e. The lowest BCUT2D eigenvalue weighted by Crippen LogP contribution is -2.79. The van der Waals surface area contributed by atoms with Gasteiger partial charge in [-0.2, -0.15) is 0 Å². The number of pyridine rings is 1. The van der Waals surface area contributed by atoms with Gasteiger partial charge in [0.15, 0.2) is 0 Å². The summed E-state index contributed by atoms with van der Waals surface area (Å²) in [5.41, 5.74) is 9.08. The molecule has 3 nitrogen and oxygen atoms in total. The molecule has 7 aromatic rings. The minimum Gasteiger partial charge on any atom is -0.311 e. The first-order valence-corrected chi connectivity index (χ1v) is 15.4. The lowest BCUT2D eigenvalue weighted by Gasteiger charge is -2.16. The molecule has 43 heavy (non-hydrogen) atoms. The molecule has 0 radical (unpaired) electrons. The van der Waals surface area contributed by atoms with E-state index in [2.05, 4.69) is 143 Å². The van der Waals surface area contributed by atoms with E-state index in [0.29, 0.717) is 11.8 Å². The maximum atomic E-state index is 4.23. The number of quaternary nitrogens is 1. The molecule has 5 aromatic carbocycles. The average molecular weight is 555 g/mol. The highest BCUT2D eigenvalue weighted by Gasteiger charge is 2.37. The number of fused-ring (bicyclic) bond motifs is 6. The van der Waals surface area contributed by atoms with Crippen LogP contribution in [0.5, 0.6) is 0 Å². The molecular formula is C40H32N3+. The molecule has 1 aliphatic carbocycles. The van der Waals surface area contributed by atoms with E-state index in [1.54, 1.807) is 0 Å². The molecule has 3 heteroatoms. The van der Waals surface area contributed by atoms with E-state index in [4.69, 9.17) is 0 Å². The second-order valence-electron chi connectivity index (χ2n) is 12.3. The summed E-state index contributed by atoms with van der Waals surface area (Å²) >= 11 is 0. The van der Waals surface area contributed by atoms with Gasteiger partial charge in [-0.05, 0) is 106 Å². The van der Waals surface area contributed by atoms with Crippen molar-refractivity contribution in [3.05, 3.63) is 145 Å². The predicted octanol–water partition coefficient (Wildman–Crippen LogP) is 8.96. The second-order valence-corrected chi connectivity index (χ2v) is 12.3. The molecule has 0 spiro atoms. The number of hydrogen-bond donors (Lipinski definition) is 1. The summed E-state index contributed by atoms with van der Waals surface area (Å²) in [7, 11) is 0. The van der Waals surface area contributed by atoms with Crippen molar-refractivity contribution < 1.29 is 5.32 Å². The number of hydrogen-bond acceptors (Lipinski definition) is 1. The molecule has 1 aliphatic heterocycles. The number of nitrogens with zero attached hydrogens (tertiary/aromatic N) is 2. The molecule has 2 N–H and O–H groups in total. The van der Waals surface area contributed by atoms with Crippen molar-refractivity contribution in [1.29, 1.82) is 0 Å². The molecule has 3 atom stereocenters. The van der Waals surface area contributed by atoms with Crippen LogP contribution < -0.4 is 5.32 Å². The molecule has 0 saturated heterocycles. The SMILES string of the molecule is CC1CC1c1cc(C2C=CC=C[NH2+]2)cc2c1c1ccc3cc(-c4ccncc4)ccc3c1n2-c1ccc2ccccc2c1. The molecule has 2 aliphatic rings. The molecule has 9 rings (SSSR count). The molecule has 1 saturated carbocycles. The number of rotatable bonds is 4. The standard InChI is InChI=1S/C40H31N3/c1-25-20-35(25)36-23-31(37-8-4-5-17-42-37)24-38-39(36)34-14-11-30-21-29(27-15-18-41-19-16-27)10-13-33(30)40(34)43(38)32-12-9-26-6-2-3-7-28(26)22-32/h2-19,21-25,35,37,42H,20H2,1H3/p+1. The quantitative estimate of drug-likeness (QED) is 0.232. The van der Waals surface area contributed by atoms with Crippen LogP contribution >= 0.6 is 0 Å². The first-order chi connectivity index (χ1) is 21.2. The Morgan fingerprint density at radius 3 is 2.37 bits per heavy atom. The lowest BCUT2D eigenvalue weighted by molar-refractivity contribution is -0.622. The Balaban J connectivity index is 1.40. The Morgan fingerprint density at radius 1 is 0.744 bits per heavy atom. The van der Waals surface area contributed by atoms with Gasteiger partial charge in [-0.25, -0.2) is 0 Å². The largest absolute Gasteiger partial charge is 0.311 e. The Hall–Kier alpha value is -4.99. The number of nitrogens with two attached hydrogens (primary N) is 1. The van der Waals surface area contributed by atoms with Crippen LogP contribution in [0.2, 0.25) is 0 Å². The maximum absolute atomic E-state index is 4.23. The van der Waals surface area contributed by atoms with Gasteiger partial charge in [0.25, 0.3) is 0 Å². The summed E-state index contributed by atoms with van der Waals surface area (Å²) in [6.45, 7) is 2.40. The zero-order valence-electron chi connectivity index (χ0n) is 24.1. The van der Waals surface area contributed by atoms with Crippen molar-refractivity contribution in [3.63, 3.8) is 0 Å². The predicted molar refractivity (Wildman–Crippen MR) is 178 cm³/mol. The van der Waals surface area contributed by atoms with Crippen molar-refractivity contribution in [2.45, 2.75) is 25.3 Å². The van der Waals surface area contributed by atoms with Gasteiger partial charge in [-0.3, -0.25) is 4.98 Å². The zero-order chi connectivity index (χ0) is 28.5. The number of allylic oxidation sites excluding steroid dienone is 2. The monoisotopic (exact) mass is 554 g/mol. The Bertz CT molecular complexity index is 2270. The third-order valence-electron chi connectivity index (χ3n) is 9.65. The van der Waals surface area contributed by atoms with Crippen LogP contribution in [-0.2, 0) is 0 Å². The fourth-order valence-corrected chi connectivity index (χ4v) is 7.28. The van der Waals surface area contributed by atoms with Crippen LogP contribution in [0.1, 0.15) is 36.4 Å². The summed E-state index contributed by atoms with van der Waals surface area (Å²) in [6.07, 6.45) is 13.8. The summed E-state index contributed by atoms with van der Waals surface area (Å²) in [6, 6.07) is 36.7. The number of benzene rings is 5. The van der Waals surface area contributed by atoms with E-state index < -0.39 is 0 Å².